The molecule has 2 aromatic rings. The van der Waals surface area contributed by atoms with Gasteiger partial charge in [0.25, 0.3) is 0 Å². The molecule has 1 aliphatic carbocycles. The van der Waals surface area contributed by atoms with E-state index in [1.807, 2.05) is 12.1 Å². The lowest BCUT2D eigenvalue weighted by atomic mass is 9.86. The Labute approximate surface area is 193 Å². The number of allylic oxidation sites excluding steroid dienone is 1. The van der Waals surface area contributed by atoms with E-state index in [4.69, 9.17) is 4.74 Å². The molecule has 172 valence electrons. The summed E-state index contributed by atoms with van der Waals surface area (Å²) in [7, 11) is 0. The van der Waals surface area contributed by atoms with Crippen molar-refractivity contribution in [3.05, 3.63) is 70.5 Å². The van der Waals surface area contributed by atoms with E-state index in [1.54, 1.807) is 5.57 Å². The van der Waals surface area contributed by atoms with Crippen molar-refractivity contribution in [1.29, 1.82) is 0 Å². The molecule has 0 saturated carbocycles. The summed E-state index contributed by atoms with van der Waals surface area (Å²) in [5.74, 6) is 1.17. The van der Waals surface area contributed by atoms with E-state index >= 15 is 0 Å². The Hall–Kier alpha value is -2.13. The molecule has 0 aromatic heterocycles. The first kappa shape index (κ1) is 23.0. The highest BCUT2D eigenvalue weighted by molar-refractivity contribution is 5.72. The average Bonchev–Trinajstić information content (AvgIpc) is 2.77. The van der Waals surface area contributed by atoms with Crippen LogP contribution in [0.2, 0.25) is 0 Å². The van der Waals surface area contributed by atoms with Gasteiger partial charge in [-0.2, -0.15) is 0 Å². The minimum Gasteiger partial charge on any atom is -0.493 e. The first-order chi connectivity index (χ1) is 15.6. The zero-order chi connectivity index (χ0) is 22.3. The Bertz CT molecular complexity index is 909. The average molecular weight is 436 g/mol. The Kier molecular flexibility index (Phi) is 8.02. The maximum atomic E-state index is 13.1. The Balaban J connectivity index is 1.34. The van der Waals surface area contributed by atoms with E-state index in [-0.39, 0.29) is 5.82 Å². The fraction of sp³-hybridized carbons (Fsp3) is 0.517. The molecule has 0 N–H and O–H groups in total. The van der Waals surface area contributed by atoms with E-state index in [9.17, 15) is 4.39 Å². The van der Waals surface area contributed by atoms with Crippen LogP contribution >= 0.6 is 0 Å². The smallest absolute Gasteiger partial charge is 0.123 e. The van der Waals surface area contributed by atoms with Crippen LogP contribution in [0.25, 0.3) is 5.57 Å². The Morgan fingerprint density at radius 1 is 0.938 bits per heavy atom. The van der Waals surface area contributed by atoms with Crippen molar-refractivity contribution < 1.29 is 9.13 Å². The summed E-state index contributed by atoms with van der Waals surface area (Å²) in [5.41, 5.74) is 7.08. The van der Waals surface area contributed by atoms with Gasteiger partial charge in [-0.3, -0.25) is 4.90 Å². The highest BCUT2D eigenvalue weighted by Crippen LogP contribution is 2.34. The first-order valence-corrected chi connectivity index (χ1v) is 12.5. The van der Waals surface area contributed by atoms with Gasteiger partial charge in [-0.1, -0.05) is 50.0 Å². The number of hydrogen-bond donors (Lipinski definition) is 0. The van der Waals surface area contributed by atoms with Crippen LogP contribution in [-0.4, -0.2) is 31.1 Å². The molecule has 1 aliphatic heterocycles. The van der Waals surface area contributed by atoms with Gasteiger partial charge in [0.2, 0.25) is 0 Å². The fourth-order valence-corrected chi connectivity index (χ4v) is 5.15. The normalized spacial score (nSPS) is 18.6. The van der Waals surface area contributed by atoms with Gasteiger partial charge in [-0.25, -0.2) is 4.39 Å². The standard InChI is InChI=1S/C29H38FNO/c1-22(18-24-8-12-27(30)13-9-24)21-32-28-14-15-29-23(2)26(11-10-25(29)19-28)20-31-16-6-4-3-5-7-17-31/h8-9,12-15,19,22H,3-7,10-11,16-18,20-21H2,1-2H3/t22-/m1/s1. The second-order valence-corrected chi connectivity index (χ2v) is 9.84. The summed E-state index contributed by atoms with van der Waals surface area (Å²) >= 11 is 0. The van der Waals surface area contributed by atoms with Crippen LogP contribution in [0.4, 0.5) is 4.39 Å². The molecule has 2 aromatic carbocycles. The highest BCUT2D eigenvalue weighted by Gasteiger charge is 2.19. The van der Waals surface area contributed by atoms with Gasteiger partial charge in [0.1, 0.15) is 11.6 Å². The van der Waals surface area contributed by atoms with Crippen LogP contribution in [0.1, 0.15) is 69.1 Å². The molecule has 4 rings (SSSR count). The van der Waals surface area contributed by atoms with Gasteiger partial charge in [0.05, 0.1) is 6.61 Å². The summed E-state index contributed by atoms with van der Waals surface area (Å²) < 4.78 is 19.2. The summed E-state index contributed by atoms with van der Waals surface area (Å²) in [4.78, 5) is 2.68. The topological polar surface area (TPSA) is 12.5 Å². The first-order valence-electron chi connectivity index (χ1n) is 12.5. The zero-order valence-corrected chi connectivity index (χ0v) is 19.8. The Morgan fingerprint density at radius 3 is 2.41 bits per heavy atom. The van der Waals surface area contributed by atoms with Crippen molar-refractivity contribution in [2.45, 2.75) is 65.2 Å². The minimum atomic E-state index is -0.180. The van der Waals surface area contributed by atoms with Crippen LogP contribution in [-0.2, 0) is 12.8 Å². The lowest BCUT2D eigenvalue weighted by molar-refractivity contribution is 0.259. The number of nitrogens with zero attached hydrogens (tertiary/aromatic N) is 1. The lowest BCUT2D eigenvalue weighted by Crippen LogP contribution is -2.30. The molecule has 0 bridgehead atoms. The van der Waals surface area contributed by atoms with Gasteiger partial charge in [0, 0.05) is 6.54 Å². The molecule has 0 radical (unpaired) electrons. The maximum absolute atomic E-state index is 13.1. The van der Waals surface area contributed by atoms with Crippen molar-refractivity contribution in [3.8, 4) is 5.75 Å². The molecular formula is C29H38FNO. The number of aryl methyl sites for hydroxylation is 1. The Morgan fingerprint density at radius 2 is 1.66 bits per heavy atom. The van der Waals surface area contributed by atoms with Gasteiger partial charge in [0.15, 0.2) is 0 Å². The minimum absolute atomic E-state index is 0.180. The molecular weight excluding hydrogens is 397 g/mol. The van der Waals surface area contributed by atoms with E-state index in [2.05, 4.69) is 36.9 Å². The molecule has 2 aliphatic rings. The zero-order valence-electron chi connectivity index (χ0n) is 19.8. The van der Waals surface area contributed by atoms with Crippen molar-refractivity contribution in [2.24, 2.45) is 5.92 Å². The van der Waals surface area contributed by atoms with Crippen LogP contribution in [0.15, 0.2) is 48.0 Å². The highest BCUT2D eigenvalue weighted by atomic mass is 19.1. The second-order valence-electron chi connectivity index (χ2n) is 9.84. The number of hydrogen-bond acceptors (Lipinski definition) is 2. The van der Waals surface area contributed by atoms with Crippen molar-refractivity contribution in [1.82, 2.24) is 4.90 Å². The molecule has 3 heteroatoms. The molecule has 1 fully saturated rings. The molecule has 0 amide bonds. The molecule has 0 spiro atoms. The van der Waals surface area contributed by atoms with Crippen molar-refractivity contribution in [3.63, 3.8) is 0 Å². The predicted molar refractivity (Wildman–Crippen MR) is 132 cm³/mol. The van der Waals surface area contributed by atoms with Crippen LogP contribution in [0.3, 0.4) is 0 Å². The van der Waals surface area contributed by atoms with E-state index in [0.29, 0.717) is 12.5 Å². The van der Waals surface area contributed by atoms with Crippen LogP contribution < -0.4 is 4.74 Å². The van der Waals surface area contributed by atoms with E-state index in [0.717, 1.165) is 30.7 Å². The SMILES string of the molecule is CC1=C(CN2CCCCCCC2)CCc2cc(OC[C@H](C)Cc3ccc(F)cc3)ccc21. The number of ether oxygens (including phenoxy) is 1. The molecule has 32 heavy (non-hydrogen) atoms. The molecule has 1 atom stereocenters. The number of fused-ring (bicyclic) bond motifs is 1. The molecule has 1 saturated heterocycles. The summed E-state index contributed by atoms with van der Waals surface area (Å²) in [5, 5.41) is 0. The maximum Gasteiger partial charge on any atom is 0.123 e. The van der Waals surface area contributed by atoms with E-state index < -0.39 is 0 Å². The van der Waals surface area contributed by atoms with Gasteiger partial charge in [-0.15, -0.1) is 0 Å². The van der Waals surface area contributed by atoms with Crippen molar-refractivity contribution in [2.75, 3.05) is 26.2 Å². The van der Waals surface area contributed by atoms with Gasteiger partial charge < -0.3 is 4.74 Å². The number of rotatable bonds is 7. The van der Waals surface area contributed by atoms with Gasteiger partial charge >= 0.3 is 0 Å². The number of halogens is 1. The number of benzene rings is 2. The summed E-state index contributed by atoms with van der Waals surface area (Å²) in [6.07, 6.45) is 10.1. The molecule has 1 heterocycles. The van der Waals surface area contributed by atoms with Crippen LogP contribution in [0.5, 0.6) is 5.75 Å². The number of likely N-dealkylation sites (tertiary alicyclic amines) is 1. The largest absolute Gasteiger partial charge is 0.493 e. The predicted octanol–water partition coefficient (Wildman–Crippen LogP) is 7.07. The summed E-state index contributed by atoms with van der Waals surface area (Å²) in [6.45, 7) is 8.82. The monoisotopic (exact) mass is 435 g/mol. The quantitative estimate of drug-likeness (QED) is 0.461. The third-order valence-electron chi connectivity index (χ3n) is 7.10. The molecule has 0 unspecified atom stereocenters. The summed E-state index contributed by atoms with van der Waals surface area (Å²) in [6, 6.07) is 13.4. The van der Waals surface area contributed by atoms with Gasteiger partial charge in [-0.05, 0) is 105 Å². The van der Waals surface area contributed by atoms with Crippen LogP contribution in [0, 0.1) is 11.7 Å². The van der Waals surface area contributed by atoms with Crippen molar-refractivity contribution >= 4 is 5.57 Å². The lowest BCUT2D eigenvalue weighted by Gasteiger charge is -2.29. The molecule has 2 nitrogen and oxygen atoms in total. The third-order valence-corrected chi connectivity index (χ3v) is 7.10. The third kappa shape index (κ3) is 6.22. The second kappa shape index (κ2) is 11.1. The fourth-order valence-electron chi connectivity index (χ4n) is 5.15. The van der Waals surface area contributed by atoms with E-state index in [1.165, 1.54) is 80.4 Å².